The van der Waals surface area contributed by atoms with Crippen LogP contribution in [-0.2, 0) is 13.0 Å². The predicted molar refractivity (Wildman–Crippen MR) is 56.4 cm³/mol. The van der Waals surface area contributed by atoms with Gasteiger partial charge in [-0.2, -0.15) is 0 Å². The van der Waals surface area contributed by atoms with E-state index in [1.165, 1.54) is 32.4 Å². The first-order chi connectivity index (χ1) is 7.38. The van der Waals surface area contributed by atoms with E-state index in [2.05, 4.69) is 10.1 Å². The molecule has 1 saturated heterocycles. The van der Waals surface area contributed by atoms with E-state index in [0.29, 0.717) is 5.69 Å². The summed E-state index contributed by atoms with van der Waals surface area (Å²) >= 11 is 0. The highest BCUT2D eigenvalue weighted by atomic mass is 16.5. The zero-order valence-corrected chi connectivity index (χ0v) is 8.98. The summed E-state index contributed by atoms with van der Waals surface area (Å²) in [5, 5.41) is 12.6. The van der Waals surface area contributed by atoms with Crippen LogP contribution in [0.1, 0.15) is 30.7 Å². The maximum absolute atomic E-state index is 8.83. The molecule has 84 valence electrons. The summed E-state index contributed by atoms with van der Waals surface area (Å²) in [6, 6.07) is 1.84. The molecule has 0 amide bonds. The highest BCUT2D eigenvalue weighted by Gasteiger charge is 2.11. The Morgan fingerprint density at radius 2 is 2.13 bits per heavy atom. The molecule has 0 atom stereocenters. The van der Waals surface area contributed by atoms with Crippen LogP contribution in [0.3, 0.4) is 0 Å². The van der Waals surface area contributed by atoms with Gasteiger partial charge in [0.25, 0.3) is 0 Å². The standard InChI is InChI=1S/C11H18N2O2/c14-9-10-8-11(15-12-10)4-7-13-5-2-1-3-6-13/h8,14H,1-7,9H2. The fraction of sp³-hybridized carbons (Fsp3) is 0.727. The molecule has 2 rings (SSSR count). The molecule has 0 saturated carbocycles. The van der Waals surface area contributed by atoms with Gasteiger partial charge in [0.1, 0.15) is 11.5 Å². The van der Waals surface area contributed by atoms with Gasteiger partial charge in [-0.15, -0.1) is 0 Å². The smallest absolute Gasteiger partial charge is 0.138 e. The van der Waals surface area contributed by atoms with Crippen molar-refractivity contribution in [2.24, 2.45) is 0 Å². The molecular formula is C11H18N2O2. The monoisotopic (exact) mass is 210 g/mol. The van der Waals surface area contributed by atoms with Gasteiger partial charge in [0.2, 0.25) is 0 Å². The number of likely N-dealkylation sites (tertiary alicyclic amines) is 1. The second-order valence-corrected chi connectivity index (χ2v) is 4.09. The minimum absolute atomic E-state index is 0.0345. The molecule has 1 aromatic heterocycles. The highest BCUT2D eigenvalue weighted by molar-refractivity contribution is 5.04. The van der Waals surface area contributed by atoms with E-state index in [4.69, 9.17) is 9.63 Å². The average molecular weight is 210 g/mol. The third-order valence-corrected chi connectivity index (χ3v) is 2.89. The molecule has 2 heterocycles. The van der Waals surface area contributed by atoms with Crippen molar-refractivity contribution in [3.8, 4) is 0 Å². The molecule has 4 nitrogen and oxygen atoms in total. The van der Waals surface area contributed by atoms with Crippen molar-refractivity contribution in [2.75, 3.05) is 19.6 Å². The quantitative estimate of drug-likeness (QED) is 0.811. The maximum Gasteiger partial charge on any atom is 0.138 e. The van der Waals surface area contributed by atoms with Gasteiger partial charge in [-0.05, 0) is 25.9 Å². The zero-order valence-electron chi connectivity index (χ0n) is 8.98. The van der Waals surface area contributed by atoms with Crippen LogP contribution in [0.25, 0.3) is 0 Å². The summed E-state index contributed by atoms with van der Waals surface area (Å²) in [5.74, 6) is 0.879. The van der Waals surface area contributed by atoms with Gasteiger partial charge in [0.15, 0.2) is 0 Å². The van der Waals surface area contributed by atoms with E-state index in [0.717, 1.165) is 18.7 Å². The Morgan fingerprint density at radius 1 is 1.33 bits per heavy atom. The molecule has 15 heavy (non-hydrogen) atoms. The Kier molecular flexibility index (Phi) is 3.75. The van der Waals surface area contributed by atoms with Crippen molar-refractivity contribution in [1.82, 2.24) is 10.1 Å². The summed E-state index contributed by atoms with van der Waals surface area (Å²) in [6.07, 6.45) is 4.90. The van der Waals surface area contributed by atoms with Gasteiger partial charge in [0.05, 0.1) is 6.61 Å². The first-order valence-electron chi connectivity index (χ1n) is 5.66. The number of aromatic nitrogens is 1. The van der Waals surface area contributed by atoms with Gasteiger partial charge < -0.3 is 14.5 Å². The van der Waals surface area contributed by atoms with Gasteiger partial charge >= 0.3 is 0 Å². The zero-order chi connectivity index (χ0) is 10.5. The van der Waals surface area contributed by atoms with E-state index in [9.17, 15) is 0 Å². The summed E-state index contributed by atoms with van der Waals surface area (Å²) in [5.41, 5.74) is 0.628. The van der Waals surface area contributed by atoms with Crippen LogP contribution in [0.15, 0.2) is 10.6 Å². The molecule has 0 unspecified atom stereocenters. The van der Waals surface area contributed by atoms with Crippen LogP contribution in [0.4, 0.5) is 0 Å². The fourth-order valence-electron chi connectivity index (χ4n) is 2.00. The lowest BCUT2D eigenvalue weighted by atomic mass is 10.1. The van der Waals surface area contributed by atoms with Crippen molar-refractivity contribution in [2.45, 2.75) is 32.3 Å². The molecule has 0 aromatic carbocycles. The number of hydrogen-bond acceptors (Lipinski definition) is 4. The summed E-state index contributed by atoms with van der Waals surface area (Å²) in [6.45, 7) is 3.43. The molecule has 1 aliphatic rings. The van der Waals surface area contributed by atoms with Gasteiger partial charge in [-0.25, -0.2) is 0 Å². The van der Waals surface area contributed by atoms with Crippen molar-refractivity contribution >= 4 is 0 Å². The highest BCUT2D eigenvalue weighted by Crippen LogP contribution is 2.10. The Morgan fingerprint density at radius 3 is 2.80 bits per heavy atom. The second kappa shape index (κ2) is 5.28. The number of aliphatic hydroxyl groups excluding tert-OH is 1. The van der Waals surface area contributed by atoms with Crippen LogP contribution >= 0.6 is 0 Å². The lowest BCUT2D eigenvalue weighted by Gasteiger charge is -2.25. The van der Waals surface area contributed by atoms with E-state index in [1.54, 1.807) is 0 Å². The molecule has 1 N–H and O–H groups in total. The summed E-state index contributed by atoms with van der Waals surface area (Å²) in [4.78, 5) is 2.46. The van der Waals surface area contributed by atoms with Gasteiger partial charge in [-0.1, -0.05) is 11.6 Å². The Hall–Kier alpha value is -0.870. The van der Waals surface area contributed by atoms with E-state index in [-0.39, 0.29) is 6.61 Å². The van der Waals surface area contributed by atoms with Gasteiger partial charge in [-0.3, -0.25) is 0 Å². The Labute approximate surface area is 89.9 Å². The summed E-state index contributed by atoms with van der Waals surface area (Å²) in [7, 11) is 0. The molecule has 0 spiro atoms. The number of piperidine rings is 1. The Balaban J connectivity index is 1.76. The summed E-state index contributed by atoms with van der Waals surface area (Å²) < 4.78 is 5.11. The molecule has 1 aromatic rings. The molecule has 0 aliphatic carbocycles. The first kappa shape index (κ1) is 10.6. The molecule has 4 heteroatoms. The lowest BCUT2D eigenvalue weighted by molar-refractivity contribution is 0.223. The van der Waals surface area contributed by atoms with Gasteiger partial charge in [0, 0.05) is 19.0 Å². The minimum atomic E-state index is -0.0345. The third kappa shape index (κ3) is 3.04. The topological polar surface area (TPSA) is 49.5 Å². The largest absolute Gasteiger partial charge is 0.390 e. The fourth-order valence-corrected chi connectivity index (χ4v) is 2.00. The number of aliphatic hydroxyl groups is 1. The SMILES string of the molecule is OCc1cc(CCN2CCCCC2)on1. The van der Waals surface area contributed by atoms with E-state index in [1.807, 2.05) is 6.07 Å². The third-order valence-electron chi connectivity index (χ3n) is 2.89. The molecule has 1 aliphatic heterocycles. The van der Waals surface area contributed by atoms with Crippen LogP contribution in [0.2, 0.25) is 0 Å². The number of nitrogens with zero attached hydrogens (tertiary/aromatic N) is 2. The number of hydrogen-bond donors (Lipinski definition) is 1. The number of rotatable bonds is 4. The molecule has 0 bridgehead atoms. The van der Waals surface area contributed by atoms with Crippen molar-refractivity contribution in [3.63, 3.8) is 0 Å². The van der Waals surface area contributed by atoms with E-state index < -0.39 is 0 Å². The maximum atomic E-state index is 8.83. The van der Waals surface area contributed by atoms with Crippen LogP contribution in [-0.4, -0.2) is 34.8 Å². The van der Waals surface area contributed by atoms with Crippen LogP contribution < -0.4 is 0 Å². The average Bonchev–Trinajstić information content (AvgIpc) is 2.76. The Bertz CT molecular complexity index is 293. The van der Waals surface area contributed by atoms with Crippen molar-refractivity contribution in [1.29, 1.82) is 0 Å². The predicted octanol–water partition coefficient (Wildman–Crippen LogP) is 1.20. The molecular weight excluding hydrogens is 192 g/mol. The normalized spacial score (nSPS) is 18.2. The minimum Gasteiger partial charge on any atom is -0.390 e. The molecule has 1 fully saturated rings. The molecule has 0 radical (unpaired) electrons. The van der Waals surface area contributed by atoms with Crippen molar-refractivity contribution in [3.05, 3.63) is 17.5 Å². The van der Waals surface area contributed by atoms with E-state index >= 15 is 0 Å². The second-order valence-electron chi connectivity index (χ2n) is 4.09. The lowest BCUT2D eigenvalue weighted by Crippen LogP contribution is -2.31. The first-order valence-corrected chi connectivity index (χ1v) is 5.66. The van der Waals surface area contributed by atoms with Crippen LogP contribution in [0, 0.1) is 0 Å². The van der Waals surface area contributed by atoms with Crippen molar-refractivity contribution < 1.29 is 9.63 Å². The van der Waals surface area contributed by atoms with Crippen LogP contribution in [0.5, 0.6) is 0 Å².